The van der Waals surface area contributed by atoms with E-state index in [9.17, 15) is 18.0 Å². The number of hydrogen-bond donors (Lipinski definition) is 1. The summed E-state index contributed by atoms with van der Waals surface area (Å²) in [5.41, 5.74) is 1.50. The molecule has 0 saturated carbocycles. The Bertz CT molecular complexity index is 869. The number of likely N-dealkylation sites (tertiary alicyclic amines) is 1. The molecule has 1 aliphatic heterocycles. The fraction of sp³-hybridized carbons (Fsp3) is 0.429. The van der Waals surface area contributed by atoms with Gasteiger partial charge >= 0.3 is 6.18 Å². The van der Waals surface area contributed by atoms with Crippen LogP contribution in [0.1, 0.15) is 18.4 Å². The first-order valence-electron chi connectivity index (χ1n) is 9.81. The predicted octanol–water partition coefficient (Wildman–Crippen LogP) is 3.64. The van der Waals surface area contributed by atoms with Crippen LogP contribution in [0.3, 0.4) is 0 Å². The number of rotatable bonds is 9. The molecule has 0 bridgehead atoms. The topological polar surface area (TPSA) is 72.9 Å². The van der Waals surface area contributed by atoms with Gasteiger partial charge in [0.2, 0.25) is 5.88 Å². The lowest BCUT2D eigenvalue weighted by Crippen LogP contribution is -2.32. The summed E-state index contributed by atoms with van der Waals surface area (Å²) < 4.78 is 52.1. The van der Waals surface area contributed by atoms with Crippen LogP contribution in [0, 0.1) is 0 Å². The van der Waals surface area contributed by atoms with Gasteiger partial charge in [0.05, 0.1) is 19.0 Å². The Hall–Kier alpha value is -3.17. The molecule has 1 aromatic heterocycles. The van der Waals surface area contributed by atoms with Crippen LogP contribution in [0.4, 0.5) is 18.9 Å². The van der Waals surface area contributed by atoms with Crippen molar-refractivity contribution in [2.45, 2.75) is 25.6 Å². The number of halogens is 3. The van der Waals surface area contributed by atoms with E-state index in [0.717, 1.165) is 31.5 Å². The molecule has 2 heterocycles. The average Bonchev–Trinajstić information content (AvgIpc) is 3.30. The lowest BCUT2D eigenvalue weighted by atomic mass is 10.2. The number of amides is 1. The molecule has 0 atom stereocenters. The number of ether oxygens (including phenoxy) is 3. The number of carbonyl (C=O) groups is 1. The minimum atomic E-state index is -4.41. The zero-order valence-electron chi connectivity index (χ0n) is 17.1. The first-order chi connectivity index (χ1) is 14.8. The van der Waals surface area contributed by atoms with E-state index in [1.54, 1.807) is 23.1 Å². The van der Waals surface area contributed by atoms with E-state index >= 15 is 0 Å². The Kier molecular flexibility index (Phi) is 7.43. The largest absolute Gasteiger partial charge is 0.493 e. The number of aromatic nitrogens is 1. The van der Waals surface area contributed by atoms with E-state index in [1.807, 2.05) is 6.07 Å². The molecule has 168 valence electrons. The van der Waals surface area contributed by atoms with E-state index in [4.69, 9.17) is 9.47 Å². The van der Waals surface area contributed by atoms with Crippen molar-refractivity contribution in [2.75, 3.05) is 38.7 Å². The summed E-state index contributed by atoms with van der Waals surface area (Å²) in [7, 11) is 1.52. The van der Waals surface area contributed by atoms with Crippen LogP contribution >= 0.6 is 0 Å². The number of pyridine rings is 1. The molecule has 31 heavy (non-hydrogen) atoms. The van der Waals surface area contributed by atoms with Crippen molar-refractivity contribution in [3.8, 4) is 17.4 Å². The first kappa shape index (κ1) is 22.5. The van der Waals surface area contributed by atoms with Crippen molar-refractivity contribution in [1.29, 1.82) is 0 Å². The number of carbonyl (C=O) groups excluding carboxylic acids is 1. The maximum Gasteiger partial charge on any atom is 0.422 e. The number of benzene rings is 1. The summed E-state index contributed by atoms with van der Waals surface area (Å²) in [6, 6.07) is 8.30. The van der Waals surface area contributed by atoms with Gasteiger partial charge in [0.25, 0.3) is 5.91 Å². The summed E-state index contributed by atoms with van der Waals surface area (Å²) in [5, 5.41) is 3.12. The Balaban J connectivity index is 1.51. The maximum atomic E-state index is 12.2. The van der Waals surface area contributed by atoms with Gasteiger partial charge in [0.1, 0.15) is 0 Å². The molecular formula is C21H24F3N3O4. The van der Waals surface area contributed by atoms with Crippen LogP contribution in [-0.2, 0) is 11.3 Å². The Morgan fingerprint density at radius 3 is 2.55 bits per heavy atom. The lowest BCUT2D eigenvalue weighted by Gasteiger charge is -2.17. The minimum absolute atomic E-state index is 0.0393. The third-order valence-electron chi connectivity index (χ3n) is 4.65. The van der Waals surface area contributed by atoms with Gasteiger partial charge in [-0.05, 0) is 36.6 Å². The molecule has 0 aliphatic carbocycles. The van der Waals surface area contributed by atoms with Crippen molar-refractivity contribution < 1.29 is 32.2 Å². The van der Waals surface area contributed by atoms with Crippen molar-refractivity contribution in [2.24, 2.45) is 0 Å². The molecule has 1 saturated heterocycles. The van der Waals surface area contributed by atoms with Crippen LogP contribution in [0.5, 0.6) is 17.4 Å². The monoisotopic (exact) mass is 439 g/mol. The first-order valence-corrected chi connectivity index (χ1v) is 9.81. The second kappa shape index (κ2) is 10.2. The van der Waals surface area contributed by atoms with E-state index < -0.39 is 12.8 Å². The second-order valence-corrected chi connectivity index (χ2v) is 7.00. The smallest absolute Gasteiger partial charge is 0.422 e. The van der Waals surface area contributed by atoms with Crippen LogP contribution in [0.25, 0.3) is 0 Å². The van der Waals surface area contributed by atoms with E-state index in [2.05, 4.69) is 15.0 Å². The van der Waals surface area contributed by atoms with Gasteiger partial charge in [-0.2, -0.15) is 13.2 Å². The zero-order chi connectivity index (χ0) is 22.3. The van der Waals surface area contributed by atoms with Gasteiger partial charge in [0, 0.05) is 25.7 Å². The van der Waals surface area contributed by atoms with Crippen LogP contribution < -0.4 is 19.5 Å². The molecule has 2 aromatic rings. The van der Waals surface area contributed by atoms with E-state index in [0.29, 0.717) is 23.7 Å². The van der Waals surface area contributed by atoms with Crippen LogP contribution in [0.15, 0.2) is 36.5 Å². The summed E-state index contributed by atoms with van der Waals surface area (Å²) in [5.74, 6) is 0.837. The maximum absolute atomic E-state index is 12.2. The highest BCUT2D eigenvalue weighted by Gasteiger charge is 2.28. The molecule has 1 N–H and O–H groups in total. The average molecular weight is 439 g/mol. The molecule has 0 radical (unpaired) electrons. The standard InChI is InChI=1S/C21H24F3N3O4/c1-29-18-10-15(4-6-17(18)30-13-20(28)27-8-2-3-9-27)11-25-16-5-7-19(26-12-16)31-14-21(22,23)24/h4-7,10,12,25H,2-3,8-9,11,13-14H2,1H3. The van der Waals surface area contributed by atoms with Crippen LogP contribution in [0.2, 0.25) is 0 Å². The minimum Gasteiger partial charge on any atom is -0.493 e. The van der Waals surface area contributed by atoms with E-state index in [-0.39, 0.29) is 18.4 Å². The Morgan fingerprint density at radius 1 is 1.13 bits per heavy atom. The van der Waals surface area contributed by atoms with Gasteiger partial charge in [-0.1, -0.05) is 6.07 Å². The molecule has 10 heteroatoms. The number of nitrogens with zero attached hydrogens (tertiary/aromatic N) is 2. The van der Waals surface area contributed by atoms with Crippen molar-refractivity contribution in [3.05, 3.63) is 42.1 Å². The van der Waals surface area contributed by atoms with E-state index in [1.165, 1.54) is 19.4 Å². The fourth-order valence-corrected chi connectivity index (χ4v) is 3.07. The summed E-state index contributed by atoms with van der Waals surface area (Å²) in [4.78, 5) is 17.8. The molecular weight excluding hydrogens is 415 g/mol. The second-order valence-electron chi connectivity index (χ2n) is 7.00. The molecule has 1 aromatic carbocycles. The van der Waals surface area contributed by atoms with Crippen molar-refractivity contribution in [3.63, 3.8) is 0 Å². The van der Waals surface area contributed by atoms with Gasteiger partial charge in [-0.15, -0.1) is 0 Å². The highest BCUT2D eigenvalue weighted by atomic mass is 19.4. The van der Waals surface area contributed by atoms with Crippen LogP contribution in [-0.4, -0.2) is 55.4 Å². The molecule has 0 unspecified atom stereocenters. The highest BCUT2D eigenvalue weighted by molar-refractivity contribution is 5.78. The number of methoxy groups -OCH3 is 1. The molecule has 0 spiro atoms. The Labute approximate surface area is 178 Å². The molecule has 1 amide bonds. The predicted molar refractivity (Wildman–Crippen MR) is 107 cm³/mol. The SMILES string of the molecule is COc1cc(CNc2ccc(OCC(F)(F)F)nc2)ccc1OCC(=O)N1CCCC1. The number of anilines is 1. The third-order valence-corrected chi connectivity index (χ3v) is 4.65. The zero-order valence-corrected chi connectivity index (χ0v) is 17.1. The normalized spacial score (nSPS) is 13.7. The third kappa shape index (κ3) is 6.94. The van der Waals surface area contributed by atoms with Crippen molar-refractivity contribution in [1.82, 2.24) is 9.88 Å². The van der Waals surface area contributed by atoms with Gasteiger partial charge in [-0.25, -0.2) is 4.98 Å². The van der Waals surface area contributed by atoms with Gasteiger partial charge < -0.3 is 24.4 Å². The van der Waals surface area contributed by atoms with Gasteiger partial charge in [-0.3, -0.25) is 4.79 Å². The van der Waals surface area contributed by atoms with Crippen molar-refractivity contribution >= 4 is 11.6 Å². The Morgan fingerprint density at radius 2 is 1.90 bits per heavy atom. The summed E-state index contributed by atoms with van der Waals surface area (Å²) >= 11 is 0. The number of alkyl halides is 3. The number of hydrogen-bond acceptors (Lipinski definition) is 6. The number of nitrogens with one attached hydrogen (secondary N) is 1. The summed E-state index contributed by atoms with van der Waals surface area (Å²) in [6.45, 7) is 0.545. The summed E-state index contributed by atoms with van der Waals surface area (Å²) in [6.07, 6.45) is -0.968. The lowest BCUT2D eigenvalue weighted by molar-refractivity contribution is -0.154. The molecule has 1 aliphatic rings. The molecule has 7 nitrogen and oxygen atoms in total. The highest BCUT2D eigenvalue weighted by Crippen LogP contribution is 2.28. The molecule has 3 rings (SSSR count). The fourth-order valence-electron chi connectivity index (χ4n) is 3.07. The molecule has 1 fully saturated rings. The van der Waals surface area contributed by atoms with Gasteiger partial charge in [0.15, 0.2) is 24.7 Å². The quantitative estimate of drug-likeness (QED) is 0.643.